The summed E-state index contributed by atoms with van der Waals surface area (Å²) in [6.45, 7) is 5.75. The van der Waals surface area contributed by atoms with E-state index in [1.54, 1.807) is 14.2 Å². The van der Waals surface area contributed by atoms with Gasteiger partial charge in [0.25, 0.3) is 0 Å². The second-order valence-electron chi connectivity index (χ2n) is 7.78. The molecule has 0 spiro atoms. The van der Waals surface area contributed by atoms with Gasteiger partial charge in [-0.1, -0.05) is 36.4 Å². The van der Waals surface area contributed by atoms with Gasteiger partial charge in [-0.2, -0.15) is 0 Å². The van der Waals surface area contributed by atoms with E-state index in [0.717, 1.165) is 74.2 Å². The molecule has 1 aliphatic rings. The van der Waals surface area contributed by atoms with Crippen LogP contribution in [-0.4, -0.2) is 47.0 Å². The number of methoxy groups -OCH3 is 2. The van der Waals surface area contributed by atoms with E-state index in [-0.39, 0.29) is 0 Å². The summed E-state index contributed by atoms with van der Waals surface area (Å²) in [5, 5.41) is 8.97. The van der Waals surface area contributed by atoms with Crippen LogP contribution in [0.25, 0.3) is 0 Å². The van der Waals surface area contributed by atoms with Gasteiger partial charge in [0.05, 0.1) is 14.2 Å². The zero-order valence-corrected chi connectivity index (χ0v) is 18.1. The van der Waals surface area contributed by atoms with Crippen LogP contribution in [0.4, 0.5) is 0 Å². The van der Waals surface area contributed by atoms with Crippen LogP contribution in [0, 0.1) is 6.92 Å². The predicted molar refractivity (Wildman–Crippen MR) is 117 cm³/mol. The van der Waals surface area contributed by atoms with E-state index in [0.29, 0.717) is 0 Å². The first-order chi connectivity index (χ1) is 14.7. The number of hydrogen-bond acceptors (Lipinski definition) is 5. The molecule has 158 valence electrons. The van der Waals surface area contributed by atoms with Crippen molar-refractivity contribution >= 4 is 0 Å². The molecule has 0 saturated carbocycles. The van der Waals surface area contributed by atoms with Gasteiger partial charge in [0.2, 0.25) is 0 Å². The maximum atomic E-state index is 5.70. The quantitative estimate of drug-likeness (QED) is 0.602. The van der Waals surface area contributed by atoms with Gasteiger partial charge in [0, 0.05) is 50.1 Å². The van der Waals surface area contributed by atoms with Crippen LogP contribution in [0.5, 0.6) is 11.5 Å². The minimum Gasteiger partial charge on any atom is -0.496 e. The zero-order valence-electron chi connectivity index (χ0n) is 18.1. The second kappa shape index (κ2) is 9.30. The summed E-state index contributed by atoms with van der Waals surface area (Å²) in [5.41, 5.74) is 3.58. The van der Waals surface area contributed by atoms with Crippen LogP contribution in [0.2, 0.25) is 0 Å². The lowest BCUT2D eigenvalue weighted by molar-refractivity contribution is 0.265. The monoisotopic (exact) mass is 406 g/mol. The Morgan fingerprint density at radius 3 is 2.50 bits per heavy atom. The minimum atomic E-state index is 0.853. The van der Waals surface area contributed by atoms with Crippen molar-refractivity contribution in [1.29, 1.82) is 0 Å². The lowest BCUT2D eigenvalue weighted by Crippen LogP contribution is -2.27. The van der Waals surface area contributed by atoms with Gasteiger partial charge in [-0.15, -0.1) is 10.2 Å². The molecule has 1 aromatic heterocycles. The molecule has 6 nitrogen and oxygen atoms in total. The minimum absolute atomic E-state index is 0.853. The Morgan fingerprint density at radius 1 is 0.900 bits per heavy atom. The summed E-state index contributed by atoms with van der Waals surface area (Å²) in [6, 6.07) is 14.7. The first-order valence-electron chi connectivity index (χ1n) is 10.6. The van der Waals surface area contributed by atoms with Crippen LogP contribution in [0.3, 0.4) is 0 Å². The van der Waals surface area contributed by atoms with Crippen molar-refractivity contribution in [3.8, 4) is 11.5 Å². The molecule has 2 heterocycles. The Hall–Kier alpha value is -2.86. The third kappa shape index (κ3) is 4.33. The maximum absolute atomic E-state index is 5.70. The fraction of sp³-hybridized carbons (Fsp3) is 0.417. The summed E-state index contributed by atoms with van der Waals surface area (Å²) in [7, 11) is 3.43. The number of hydrogen-bond donors (Lipinski definition) is 0. The topological polar surface area (TPSA) is 52.4 Å². The number of aryl methyl sites for hydroxylation is 2. The van der Waals surface area contributed by atoms with E-state index in [1.165, 1.54) is 11.1 Å². The van der Waals surface area contributed by atoms with Crippen molar-refractivity contribution in [2.45, 2.75) is 39.3 Å². The number of benzene rings is 2. The molecule has 0 atom stereocenters. The number of fused-ring (bicyclic) bond motifs is 1. The molecule has 1 aliphatic heterocycles. The molecule has 4 rings (SSSR count). The summed E-state index contributed by atoms with van der Waals surface area (Å²) < 4.78 is 13.5. The molecule has 6 heteroatoms. The van der Waals surface area contributed by atoms with Crippen LogP contribution in [-0.2, 0) is 32.4 Å². The van der Waals surface area contributed by atoms with Crippen molar-refractivity contribution in [3.63, 3.8) is 0 Å². The first kappa shape index (κ1) is 20.4. The molecule has 0 N–H and O–H groups in total. The smallest absolute Gasteiger partial charge is 0.134 e. The summed E-state index contributed by atoms with van der Waals surface area (Å²) in [5.74, 6) is 3.97. The highest BCUT2D eigenvalue weighted by Gasteiger charge is 2.20. The van der Waals surface area contributed by atoms with E-state index < -0.39 is 0 Å². The van der Waals surface area contributed by atoms with Gasteiger partial charge in [-0.25, -0.2) is 0 Å². The van der Waals surface area contributed by atoms with Crippen molar-refractivity contribution in [1.82, 2.24) is 19.7 Å². The molecule has 0 radical (unpaired) electrons. The molecule has 0 bridgehead atoms. The number of nitrogens with zero attached hydrogens (tertiary/aromatic N) is 4. The molecule has 0 aliphatic carbocycles. The highest BCUT2D eigenvalue weighted by atomic mass is 16.5. The molecule has 2 aromatic carbocycles. The molecule has 0 unspecified atom stereocenters. The normalized spacial score (nSPS) is 14.2. The Balaban J connectivity index is 1.43. The average Bonchev–Trinajstić information content (AvgIpc) is 3.05. The van der Waals surface area contributed by atoms with E-state index in [2.05, 4.69) is 56.1 Å². The molecule has 0 saturated heterocycles. The van der Waals surface area contributed by atoms with Crippen molar-refractivity contribution in [2.24, 2.45) is 0 Å². The van der Waals surface area contributed by atoms with Crippen molar-refractivity contribution < 1.29 is 9.47 Å². The Kier molecular flexibility index (Phi) is 6.33. The van der Waals surface area contributed by atoms with Crippen molar-refractivity contribution in [3.05, 3.63) is 70.8 Å². The van der Waals surface area contributed by atoms with E-state index >= 15 is 0 Å². The predicted octanol–water partition coefficient (Wildman–Crippen LogP) is 3.45. The van der Waals surface area contributed by atoms with Gasteiger partial charge in [0.1, 0.15) is 23.1 Å². The Morgan fingerprint density at radius 2 is 1.73 bits per heavy atom. The molecular weight excluding hydrogens is 376 g/mol. The number of rotatable bonds is 7. The zero-order chi connectivity index (χ0) is 20.9. The first-order valence-corrected chi connectivity index (χ1v) is 10.6. The van der Waals surface area contributed by atoms with Gasteiger partial charge >= 0.3 is 0 Å². The third-order valence-corrected chi connectivity index (χ3v) is 5.93. The van der Waals surface area contributed by atoms with Crippen LogP contribution < -0.4 is 9.47 Å². The molecule has 3 aromatic rings. The number of ether oxygens (including phenoxy) is 2. The highest BCUT2D eigenvalue weighted by Crippen LogP contribution is 2.32. The SMILES string of the molecule is COc1ccc(CN2CCc3nnc(CCc4ccccc4)n3CC2)c(OC)c1C. The largest absolute Gasteiger partial charge is 0.496 e. The van der Waals surface area contributed by atoms with Crippen LogP contribution in [0.1, 0.15) is 28.3 Å². The third-order valence-electron chi connectivity index (χ3n) is 5.93. The Bertz CT molecular complexity index is 984. The molecule has 0 amide bonds. The fourth-order valence-corrected chi connectivity index (χ4v) is 4.27. The number of aromatic nitrogens is 3. The molecular formula is C24H30N4O2. The van der Waals surface area contributed by atoms with E-state index in [4.69, 9.17) is 9.47 Å². The van der Waals surface area contributed by atoms with E-state index in [9.17, 15) is 0 Å². The standard InChI is InChI=1S/C24H30N4O2/c1-18-21(29-2)11-10-20(24(18)30-3)17-27-14-13-23-26-25-22(28(23)16-15-27)12-9-19-7-5-4-6-8-19/h4-8,10-11H,9,12-17H2,1-3H3. The summed E-state index contributed by atoms with van der Waals surface area (Å²) >= 11 is 0. The van der Waals surface area contributed by atoms with Crippen LogP contribution >= 0.6 is 0 Å². The second-order valence-corrected chi connectivity index (χ2v) is 7.78. The molecule has 0 fully saturated rings. The lowest BCUT2D eigenvalue weighted by atomic mass is 10.1. The van der Waals surface area contributed by atoms with Crippen LogP contribution in [0.15, 0.2) is 42.5 Å². The summed E-state index contributed by atoms with van der Waals surface area (Å²) in [4.78, 5) is 2.47. The highest BCUT2D eigenvalue weighted by molar-refractivity contribution is 5.49. The van der Waals surface area contributed by atoms with Crippen molar-refractivity contribution in [2.75, 3.05) is 27.3 Å². The average molecular weight is 407 g/mol. The Labute approximate surface area is 178 Å². The van der Waals surface area contributed by atoms with Gasteiger partial charge in [-0.05, 0) is 25.0 Å². The van der Waals surface area contributed by atoms with Gasteiger partial charge in [-0.3, -0.25) is 4.90 Å². The van der Waals surface area contributed by atoms with Gasteiger partial charge < -0.3 is 14.0 Å². The lowest BCUT2D eigenvalue weighted by Gasteiger charge is -2.22. The van der Waals surface area contributed by atoms with E-state index in [1.807, 2.05) is 13.0 Å². The maximum Gasteiger partial charge on any atom is 0.134 e. The summed E-state index contributed by atoms with van der Waals surface area (Å²) in [6.07, 6.45) is 2.82. The fourth-order valence-electron chi connectivity index (χ4n) is 4.27. The van der Waals surface area contributed by atoms with Gasteiger partial charge in [0.15, 0.2) is 0 Å². The molecule has 30 heavy (non-hydrogen) atoms.